The van der Waals surface area contributed by atoms with Gasteiger partial charge < -0.3 is 4.90 Å². The molecule has 0 aliphatic heterocycles. The molecule has 1 fully saturated rings. The molecule has 2 atom stereocenters. The first-order valence-corrected chi connectivity index (χ1v) is 6.03. The van der Waals surface area contributed by atoms with E-state index in [-0.39, 0.29) is 17.7 Å². The molecule has 2 unspecified atom stereocenters. The summed E-state index contributed by atoms with van der Waals surface area (Å²) in [4.78, 5) is 1.84. The fraction of sp³-hybridized carbons (Fsp3) is 0.750. The average molecular weight is 241 g/mol. The van der Waals surface area contributed by atoms with Gasteiger partial charge in [-0.15, -0.1) is 0 Å². The third kappa shape index (κ3) is 1.22. The highest BCUT2D eigenvalue weighted by Crippen LogP contribution is 2.68. The number of nitrogens with zero attached hydrogens (tertiary/aromatic N) is 3. The summed E-state index contributed by atoms with van der Waals surface area (Å²) in [5.41, 5.74) is 0.955. The van der Waals surface area contributed by atoms with Crippen molar-refractivity contribution in [2.24, 2.45) is 5.92 Å². The molecule has 2 aliphatic carbocycles. The molecule has 1 aromatic heterocycles. The van der Waals surface area contributed by atoms with Crippen LogP contribution in [0.4, 0.5) is 14.6 Å². The summed E-state index contributed by atoms with van der Waals surface area (Å²) in [6, 6.07) is -0.0270. The molecule has 0 N–H and O–H groups in total. The summed E-state index contributed by atoms with van der Waals surface area (Å²) in [5, 5.41) is 4.37. The van der Waals surface area contributed by atoms with Gasteiger partial charge in [0.05, 0.1) is 0 Å². The van der Waals surface area contributed by atoms with Crippen molar-refractivity contribution in [3.63, 3.8) is 0 Å². The third-order valence-corrected chi connectivity index (χ3v) is 3.78. The van der Waals surface area contributed by atoms with Gasteiger partial charge in [0.25, 0.3) is 5.92 Å². The van der Waals surface area contributed by atoms with Crippen molar-refractivity contribution in [2.75, 3.05) is 19.0 Å². The van der Waals surface area contributed by atoms with Crippen LogP contribution in [0, 0.1) is 5.92 Å². The number of halogens is 2. The number of hydrogen-bond donors (Lipinski definition) is 0. The van der Waals surface area contributed by atoms with Crippen molar-refractivity contribution in [3.8, 4) is 0 Å². The topological polar surface area (TPSA) is 21.1 Å². The monoisotopic (exact) mass is 241 g/mol. The molecule has 0 spiro atoms. The highest BCUT2D eigenvalue weighted by molar-refractivity contribution is 5.58. The number of rotatable bonds is 2. The van der Waals surface area contributed by atoms with Crippen LogP contribution in [0.5, 0.6) is 0 Å². The predicted molar refractivity (Wildman–Crippen MR) is 61.7 cm³/mol. The summed E-state index contributed by atoms with van der Waals surface area (Å²) in [6.45, 7) is 3.79. The molecule has 3 rings (SSSR count). The largest absolute Gasteiger partial charge is 0.361 e. The molecule has 0 saturated heterocycles. The first kappa shape index (κ1) is 11.0. The van der Waals surface area contributed by atoms with E-state index < -0.39 is 11.8 Å². The maximum atomic E-state index is 14.2. The van der Waals surface area contributed by atoms with Gasteiger partial charge in [-0.25, -0.2) is 0 Å². The zero-order valence-electron chi connectivity index (χ0n) is 10.5. The third-order valence-electron chi connectivity index (χ3n) is 3.78. The van der Waals surface area contributed by atoms with Crippen molar-refractivity contribution in [1.82, 2.24) is 9.78 Å². The fourth-order valence-corrected chi connectivity index (χ4v) is 2.90. The van der Waals surface area contributed by atoms with Crippen molar-refractivity contribution in [3.05, 3.63) is 11.3 Å². The van der Waals surface area contributed by atoms with Gasteiger partial charge >= 0.3 is 0 Å². The van der Waals surface area contributed by atoms with Crippen LogP contribution < -0.4 is 4.90 Å². The summed E-state index contributed by atoms with van der Waals surface area (Å²) >= 11 is 0. The fourth-order valence-electron chi connectivity index (χ4n) is 2.90. The molecule has 94 valence electrons. The second kappa shape index (κ2) is 3.00. The average Bonchev–Trinajstić information content (AvgIpc) is 2.83. The Hall–Kier alpha value is -1.13. The molecule has 1 heterocycles. The van der Waals surface area contributed by atoms with E-state index in [1.54, 1.807) is 0 Å². The summed E-state index contributed by atoms with van der Waals surface area (Å²) in [5.74, 6) is -2.41. The minimum absolute atomic E-state index is 0.0270. The van der Waals surface area contributed by atoms with Gasteiger partial charge in [-0.05, 0) is 26.2 Å². The van der Waals surface area contributed by atoms with Crippen LogP contribution in [0.3, 0.4) is 0 Å². The maximum absolute atomic E-state index is 14.2. The van der Waals surface area contributed by atoms with Crippen molar-refractivity contribution in [1.29, 1.82) is 0 Å². The minimum Gasteiger partial charge on any atom is -0.361 e. The lowest BCUT2D eigenvalue weighted by molar-refractivity contribution is -0.0318. The quantitative estimate of drug-likeness (QED) is 0.793. The second-order valence-electron chi connectivity index (χ2n) is 5.59. The van der Waals surface area contributed by atoms with E-state index in [0.717, 1.165) is 11.4 Å². The van der Waals surface area contributed by atoms with Gasteiger partial charge in [-0.3, -0.25) is 4.68 Å². The molecule has 0 aromatic carbocycles. The number of alkyl halides is 2. The lowest BCUT2D eigenvalue weighted by Gasteiger charge is -2.17. The van der Waals surface area contributed by atoms with Gasteiger partial charge in [0.1, 0.15) is 5.69 Å². The van der Waals surface area contributed by atoms with Crippen molar-refractivity contribution in [2.45, 2.75) is 38.2 Å². The van der Waals surface area contributed by atoms with Crippen LogP contribution in [0.1, 0.15) is 43.5 Å². The van der Waals surface area contributed by atoms with Crippen LogP contribution in [-0.2, 0) is 5.92 Å². The highest BCUT2D eigenvalue weighted by Gasteiger charge is 2.67. The SMILES string of the molecule is CC(C)n1nc(N(C)C)c2c1C(F)(F)C1CC21. The summed E-state index contributed by atoms with van der Waals surface area (Å²) in [7, 11) is 3.72. The number of hydrogen-bond acceptors (Lipinski definition) is 2. The molecule has 0 bridgehead atoms. The van der Waals surface area contributed by atoms with Gasteiger partial charge in [0, 0.05) is 31.6 Å². The Bertz CT molecular complexity index is 476. The van der Waals surface area contributed by atoms with Crippen LogP contribution in [0.25, 0.3) is 0 Å². The van der Waals surface area contributed by atoms with Crippen LogP contribution in [-0.4, -0.2) is 23.9 Å². The van der Waals surface area contributed by atoms with Gasteiger partial charge in [-0.2, -0.15) is 13.9 Å². The first-order chi connectivity index (χ1) is 7.85. The number of fused-ring (bicyclic) bond motifs is 3. The van der Waals surface area contributed by atoms with E-state index in [1.165, 1.54) is 4.68 Å². The Morgan fingerprint density at radius 3 is 2.59 bits per heavy atom. The van der Waals surface area contributed by atoms with E-state index in [9.17, 15) is 8.78 Å². The number of aromatic nitrogens is 2. The lowest BCUT2D eigenvalue weighted by Crippen LogP contribution is -2.21. The second-order valence-corrected chi connectivity index (χ2v) is 5.59. The molecule has 17 heavy (non-hydrogen) atoms. The van der Waals surface area contributed by atoms with Crippen LogP contribution in [0.2, 0.25) is 0 Å². The maximum Gasteiger partial charge on any atom is 0.293 e. The van der Waals surface area contributed by atoms with Crippen LogP contribution >= 0.6 is 0 Å². The Balaban J connectivity index is 2.23. The van der Waals surface area contributed by atoms with Gasteiger partial charge in [0.15, 0.2) is 5.82 Å². The van der Waals surface area contributed by atoms with E-state index in [2.05, 4.69) is 5.10 Å². The molecule has 0 radical (unpaired) electrons. The summed E-state index contributed by atoms with van der Waals surface area (Å²) in [6.07, 6.45) is 0.616. The smallest absolute Gasteiger partial charge is 0.293 e. The number of anilines is 1. The Morgan fingerprint density at radius 1 is 1.41 bits per heavy atom. The molecule has 5 heteroatoms. The molecule has 0 amide bonds. The van der Waals surface area contributed by atoms with Crippen molar-refractivity contribution >= 4 is 5.82 Å². The molecule has 1 saturated carbocycles. The van der Waals surface area contributed by atoms with E-state index in [1.807, 2.05) is 32.8 Å². The Kier molecular flexibility index (Phi) is 1.94. The molecule has 3 nitrogen and oxygen atoms in total. The zero-order chi connectivity index (χ0) is 12.5. The minimum atomic E-state index is -2.69. The predicted octanol–water partition coefficient (Wildman–Crippen LogP) is 2.74. The summed E-state index contributed by atoms with van der Waals surface area (Å²) < 4.78 is 29.9. The molecular formula is C12H17F2N3. The Morgan fingerprint density at radius 2 is 2.06 bits per heavy atom. The van der Waals surface area contributed by atoms with E-state index >= 15 is 0 Å². The normalized spacial score (nSPS) is 28.2. The van der Waals surface area contributed by atoms with Crippen LogP contribution in [0.15, 0.2) is 0 Å². The zero-order valence-corrected chi connectivity index (χ0v) is 10.5. The lowest BCUT2D eigenvalue weighted by atomic mass is 10.1. The van der Waals surface area contributed by atoms with E-state index in [0.29, 0.717) is 6.42 Å². The van der Waals surface area contributed by atoms with Crippen molar-refractivity contribution < 1.29 is 8.78 Å². The Labute approximate surface area is 99.4 Å². The van der Waals surface area contributed by atoms with Gasteiger partial charge in [0.2, 0.25) is 0 Å². The van der Waals surface area contributed by atoms with E-state index in [4.69, 9.17) is 0 Å². The highest BCUT2D eigenvalue weighted by atomic mass is 19.3. The molecular weight excluding hydrogens is 224 g/mol. The molecule has 2 aliphatic rings. The first-order valence-electron chi connectivity index (χ1n) is 6.03. The molecule has 1 aromatic rings. The van der Waals surface area contributed by atoms with Gasteiger partial charge in [-0.1, -0.05) is 0 Å². The standard InChI is InChI=1S/C12H17F2N3/c1-6(2)17-10-9(11(15-17)16(3)4)7-5-8(7)12(10,13)14/h6-8H,5H2,1-4H3.